The van der Waals surface area contributed by atoms with E-state index in [9.17, 15) is 26.8 Å². The van der Waals surface area contributed by atoms with Crippen LogP contribution in [0, 0.1) is 11.6 Å². The van der Waals surface area contributed by atoms with Gasteiger partial charge in [-0.1, -0.05) is 0 Å². The standard InChI is InChI=1S/C22H27F2N5O5S/c1-22(2,3)34-21(31)25-16-8-18(20(30)26-19(16)14-7-13(23)5-6-15(14)24)28-9-12-10-29(35(4,32)33)27-17(12)11-28/h5-7,10,16,18-19H,8-9,11H2,1-4H3,(H,25,31)(H,26,30). The number of benzene rings is 1. The second-order valence-electron chi connectivity index (χ2n) is 9.80. The summed E-state index contributed by atoms with van der Waals surface area (Å²) in [5, 5.41) is 9.52. The van der Waals surface area contributed by atoms with Crippen molar-refractivity contribution in [2.75, 3.05) is 6.26 Å². The van der Waals surface area contributed by atoms with Gasteiger partial charge < -0.3 is 15.4 Å². The van der Waals surface area contributed by atoms with Crippen LogP contribution in [0.2, 0.25) is 0 Å². The van der Waals surface area contributed by atoms with Crippen LogP contribution in [0.5, 0.6) is 0 Å². The third-order valence-corrected chi connectivity index (χ3v) is 6.70. The van der Waals surface area contributed by atoms with Gasteiger partial charge in [0.15, 0.2) is 0 Å². The monoisotopic (exact) mass is 511 g/mol. The number of ether oxygens (including phenoxy) is 1. The summed E-state index contributed by atoms with van der Waals surface area (Å²) in [5.41, 5.74) is 0.312. The van der Waals surface area contributed by atoms with Crippen LogP contribution in [0.15, 0.2) is 24.4 Å². The summed E-state index contributed by atoms with van der Waals surface area (Å²) in [5.74, 6) is -1.83. The van der Waals surface area contributed by atoms with E-state index >= 15 is 0 Å². The molecule has 3 unspecified atom stereocenters. The number of halogens is 2. The summed E-state index contributed by atoms with van der Waals surface area (Å²) < 4.78 is 58.3. The van der Waals surface area contributed by atoms with Crippen molar-refractivity contribution >= 4 is 22.0 Å². The van der Waals surface area contributed by atoms with Gasteiger partial charge in [-0.05, 0) is 45.4 Å². The number of piperidine rings is 1. The predicted molar refractivity (Wildman–Crippen MR) is 121 cm³/mol. The smallest absolute Gasteiger partial charge is 0.407 e. The molecule has 3 heterocycles. The second-order valence-corrected chi connectivity index (χ2v) is 11.6. The van der Waals surface area contributed by atoms with Gasteiger partial charge in [-0.2, -0.15) is 9.19 Å². The summed E-state index contributed by atoms with van der Waals surface area (Å²) in [4.78, 5) is 27.4. The average molecular weight is 512 g/mol. The molecule has 2 aliphatic rings. The molecule has 4 rings (SSSR count). The molecule has 0 spiro atoms. The van der Waals surface area contributed by atoms with Crippen molar-refractivity contribution in [1.82, 2.24) is 24.7 Å². The molecule has 35 heavy (non-hydrogen) atoms. The lowest BCUT2D eigenvalue weighted by Crippen LogP contribution is -2.59. The number of fused-ring (bicyclic) bond motifs is 1. The zero-order valence-corrected chi connectivity index (χ0v) is 20.5. The molecule has 2 amide bonds. The molecule has 2 aliphatic heterocycles. The second kappa shape index (κ2) is 8.86. The highest BCUT2D eigenvalue weighted by atomic mass is 32.2. The largest absolute Gasteiger partial charge is 0.444 e. The SMILES string of the molecule is CC(C)(C)OC(=O)NC1CC(N2Cc3cn(S(C)(=O)=O)nc3C2)C(=O)NC1c1cc(F)ccc1F. The molecule has 1 fully saturated rings. The van der Waals surface area contributed by atoms with Crippen LogP contribution in [0.4, 0.5) is 13.6 Å². The number of nitrogens with zero attached hydrogens (tertiary/aromatic N) is 3. The van der Waals surface area contributed by atoms with E-state index in [2.05, 4.69) is 15.7 Å². The third kappa shape index (κ3) is 5.45. The number of amides is 2. The lowest BCUT2D eigenvalue weighted by molar-refractivity contribution is -0.130. The first-order chi connectivity index (χ1) is 16.2. The predicted octanol–water partition coefficient (Wildman–Crippen LogP) is 1.81. The minimum atomic E-state index is -3.54. The Morgan fingerprint density at radius 3 is 2.60 bits per heavy atom. The van der Waals surface area contributed by atoms with Gasteiger partial charge in [0, 0.05) is 30.4 Å². The van der Waals surface area contributed by atoms with Crippen molar-refractivity contribution in [1.29, 1.82) is 0 Å². The number of aromatic nitrogens is 2. The maximum Gasteiger partial charge on any atom is 0.407 e. The summed E-state index contributed by atoms with van der Waals surface area (Å²) in [6.07, 6.45) is 1.78. The Bertz CT molecular complexity index is 1250. The molecule has 0 radical (unpaired) electrons. The highest BCUT2D eigenvalue weighted by Gasteiger charge is 2.43. The number of hydrogen-bond donors (Lipinski definition) is 2. The Balaban J connectivity index is 1.58. The Morgan fingerprint density at radius 2 is 1.97 bits per heavy atom. The van der Waals surface area contributed by atoms with Crippen LogP contribution in [-0.4, -0.2) is 58.4 Å². The van der Waals surface area contributed by atoms with Crippen molar-refractivity contribution in [2.45, 2.75) is 64.0 Å². The van der Waals surface area contributed by atoms with E-state index in [-0.39, 0.29) is 25.1 Å². The molecule has 10 nitrogen and oxygen atoms in total. The molecule has 1 aromatic heterocycles. The normalized spacial score (nSPS) is 23.0. The van der Waals surface area contributed by atoms with Crippen molar-refractivity contribution < 1.29 is 31.5 Å². The summed E-state index contributed by atoms with van der Waals surface area (Å²) >= 11 is 0. The minimum Gasteiger partial charge on any atom is -0.444 e. The number of rotatable bonds is 4. The van der Waals surface area contributed by atoms with E-state index in [4.69, 9.17) is 4.74 Å². The van der Waals surface area contributed by atoms with Gasteiger partial charge in [0.05, 0.1) is 30.1 Å². The molecule has 190 valence electrons. The molecule has 0 aliphatic carbocycles. The van der Waals surface area contributed by atoms with E-state index in [1.165, 1.54) is 6.20 Å². The zero-order valence-electron chi connectivity index (χ0n) is 19.7. The minimum absolute atomic E-state index is 0.0854. The quantitative estimate of drug-likeness (QED) is 0.642. The highest BCUT2D eigenvalue weighted by Crippen LogP contribution is 2.32. The number of nitrogens with one attached hydrogen (secondary N) is 2. The van der Waals surface area contributed by atoms with E-state index in [0.717, 1.165) is 28.5 Å². The number of carbonyl (C=O) groups is 2. The summed E-state index contributed by atoms with van der Waals surface area (Å²) in [6, 6.07) is 0.356. The van der Waals surface area contributed by atoms with Crippen LogP contribution in [0.25, 0.3) is 0 Å². The molecule has 1 saturated heterocycles. The molecule has 2 aromatic rings. The fraction of sp³-hybridized carbons (Fsp3) is 0.500. The van der Waals surface area contributed by atoms with Crippen LogP contribution in [-0.2, 0) is 32.6 Å². The number of alkyl carbamates (subject to hydrolysis) is 1. The highest BCUT2D eigenvalue weighted by molar-refractivity contribution is 7.89. The Morgan fingerprint density at radius 1 is 1.26 bits per heavy atom. The lowest BCUT2D eigenvalue weighted by Gasteiger charge is -2.40. The van der Waals surface area contributed by atoms with Gasteiger partial charge in [0.1, 0.15) is 17.2 Å². The Hall–Kier alpha value is -3.06. The first kappa shape index (κ1) is 25.0. The van der Waals surface area contributed by atoms with Crippen LogP contribution in [0.1, 0.15) is 50.1 Å². The van der Waals surface area contributed by atoms with E-state index in [1.807, 2.05) is 0 Å². The lowest BCUT2D eigenvalue weighted by atomic mass is 9.88. The molecule has 0 saturated carbocycles. The van der Waals surface area contributed by atoms with Crippen molar-refractivity contribution in [2.24, 2.45) is 0 Å². The van der Waals surface area contributed by atoms with E-state index in [0.29, 0.717) is 11.3 Å². The molecule has 2 N–H and O–H groups in total. The van der Waals surface area contributed by atoms with Gasteiger partial charge in [0.2, 0.25) is 5.91 Å². The van der Waals surface area contributed by atoms with Gasteiger partial charge in [-0.25, -0.2) is 22.0 Å². The van der Waals surface area contributed by atoms with Gasteiger partial charge in [0.25, 0.3) is 10.0 Å². The van der Waals surface area contributed by atoms with Crippen molar-refractivity contribution in [3.63, 3.8) is 0 Å². The molecule has 1 aromatic carbocycles. The van der Waals surface area contributed by atoms with Gasteiger partial charge >= 0.3 is 6.09 Å². The third-order valence-electron chi connectivity index (χ3n) is 5.84. The zero-order chi connectivity index (χ0) is 25.7. The molecular weight excluding hydrogens is 484 g/mol. The average Bonchev–Trinajstić information content (AvgIpc) is 3.29. The molecular formula is C22H27F2N5O5S. The van der Waals surface area contributed by atoms with E-state index in [1.54, 1.807) is 25.7 Å². The molecule has 0 bridgehead atoms. The van der Waals surface area contributed by atoms with Crippen molar-refractivity contribution in [3.8, 4) is 0 Å². The first-order valence-electron chi connectivity index (χ1n) is 11.0. The van der Waals surface area contributed by atoms with Crippen molar-refractivity contribution in [3.05, 3.63) is 52.9 Å². The van der Waals surface area contributed by atoms with Crippen LogP contribution >= 0.6 is 0 Å². The van der Waals surface area contributed by atoms with Gasteiger partial charge in [-0.3, -0.25) is 9.69 Å². The van der Waals surface area contributed by atoms with Gasteiger partial charge in [-0.15, -0.1) is 0 Å². The first-order valence-corrected chi connectivity index (χ1v) is 12.8. The fourth-order valence-corrected chi connectivity index (χ4v) is 4.91. The van der Waals surface area contributed by atoms with Crippen LogP contribution < -0.4 is 10.6 Å². The van der Waals surface area contributed by atoms with Crippen LogP contribution in [0.3, 0.4) is 0 Å². The Kier molecular flexibility index (Phi) is 6.34. The summed E-state index contributed by atoms with van der Waals surface area (Å²) in [7, 11) is -3.54. The fourth-order valence-electron chi connectivity index (χ4n) is 4.34. The number of carbonyl (C=O) groups excluding carboxylic acids is 2. The maximum absolute atomic E-state index is 14.6. The number of hydrogen-bond acceptors (Lipinski definition) is 7. The maximum atomic E-state index is 14.6. The van der Waals surface area contributed by atoms with E-state index < -0.39 is 57.4 Å². The molecule has 13 heteroatoms. The topological polar surface area (TPSA) is 123 Å². The molecule has 3 atom stereocenters. The summed E-state index contributed by atoms with van der Waals surface area (Å²) in [6.45, 7) is 5.56. The Labute approximate surface area is 201 Å².